The molecular weight excluding hydrogens is 317 g/mol. The van der Waals surface area contributed by atoms with Crippen molar-refractivity contribution in [3.8, 4) is 0 Å². The van der Waals surface area contributed by atoms with Gasteiger partial charge in [-0.1, -0.05) is 29.3 Å². The largest absolute Gasteiger partial charge is 0.463 e. The van der Waals surface area contributed by atoms with E-state index < -0.39 is 11.8 Å². The summed E-state index contributed by atoms with van der Waals surface area (Å²) in [5.74, 6) is -1.43. The first-order valence-electron chi connectivity index (χ1n) is 5.70. The van der Waals surface area contributed by atoms with E-state index in [-0.39, 0.29) is 15.7 Å². The summed E-state index contributed by atoms with van der Waals surface area (Å²) in [5.41, 5.74) is 2.29. The molecule has 0 bridgehead atoms. The minimum atomic E-state index is -0.950. The van der Waals surface area contributed by atoms with E-state index in [1.54, 1.807) is 24.3 Å². The average Bonchev–Trinajstić information content (AvgIpc) is 2.97. The van der Waals surface area contributed by atoms with E-state index in [0.29, 0.717) is 5.76 Å². The molecule has 0 aliphatic rings. The number of benzene rings is 1. The highest BCUT2D eigenvalue weighted by molar-refractivity contribution is 6.45. The number of nitrogens with zero attached hydrogens (tertiary/aromatic N) is 1. The number of nitrogens with one attached hydrogen (secondary N) is 2. The molecule has 21 heavy (non-hydrogen) atoms. The number of halogens is 2. The molecule has 0 fully saturated rings. The van der Waals surface area contributed by atoms with Crippen molar-refractivity contribution in [3.05, 3.63) is 52.4 Å². The molecule has 0 aliphatic heterocycles. The van der Waals surface area contributed by atoms with Crippen LogP contribution in [0.25, 0.3) is 0 Å². The Morgan fingerprint density at radius 1 is 1.14 bits per heavy atom. The Labute approximate surface area is 129 Å². The van der Waals surface area contributed by atoms with E-state index in [1.165, 1.54) is 18.5 Å². The van der Waals surface area contributed by atoms with Crippen LogP contribution in [0.1, 0.15) is 5.76 Å². The fraction of sp³-hybridized carbons (Fsp3) is 0. The summed E-state index contributed by atoms with van der Waals surface area (Å²) in [6, 6.07) is 7.98. The predicted octanol–water partition coefficient (Wildman–Crippen LogP) is 2.68. The molecular formula is C13H9Cl2N3O3. The van der Waals surface area contributed by atoms with Crippen molar-refractivity contribution < 1.29 is 14.0 Å². The van der Waals surface area contributed by atoms with E-state index in [0.717, 1.165) is 0 Å². The van der Waals surface area contributed by atoms with E-state index in [4.69, 9.17) is 27.6 Å². The number of anilines is 1. The molecule has 2 aromatic rings. The summed E-state index contributed by atoms with van der Waals surface area (Å²) in [5, 5.41) is 6.33. The molecule has 108 valence electrons. The molecule has 0 saturated carbocycles. The van der Waals surface area contributed by atoms with Crippen LogP contribution in [0.5, 0.6) is 0 Å². The lowest BCUT2D eigenvalue weighted by molar-refractivity contribution is -0.136. The summed E-state index contributed by atoms with van der Waals surface area (Å²) >= 11 is 11.7. The molecule has 1 aromatic carbocycles. The molecule has 2 amide bonds. The molecule has 0 saturated heterocycles. The molecule has 8 heteroatoms. The van der Waals surface area contributed by atoms with Gasteiger partial charge in [0.1, 0.15) is 5.76 Å². The van der Waals surface area contributed by atoms with Gasteiger partial charge in [-0.25, -0.2) is 5.43 Å². The lowest BCUT2D eigenvalue weighted by atomic mass is 10.3. The Balaban J connectivity index is 1.94. The highest BCUT2D eigenvalue weighted by Crippen LogP contribution is 2.29. The molecule has 0 unspecified atom stereocenters. The number of amides is 2. The lowest BCUT2D eigenvalue weighted by Gasteiger charge is -2.06. The highest BCUT2D eigenvalue weighted by Gasteiger charge is 2.15. The third kappa shape index (κ3) is 4.08. The molecule has 6 nitrogen and oxygen atoms in total. The van der Waals surface area contributed by atoms with Gasteiger partial charge in [0, 0.05) is 0 Å². The topological polar surface area (TPSA) is 83.7 Å². The standard InChI is InChI=1S/C13H9Cl2N3O3/c14-9-4-1-5-10(11(9)15)17-12(19)13(20)18-16-7-8-3-2-6-21-8/h1-7H,(H,17,19)(H,18,20)/b16-7-. The van der Waals surface area contributed by atoms with Crippen molar-refractivity contribution in [2.24, 2.45) is 5.10 Å². The van der Waals surface area contributed by atoms with E-state index >= 15 is 0 Å². The minimum absolute atomic E-state index is 0.152. The van der Waals surface area contributed by atoms with Crippen LogP contribution in [-0.2, 0) is 9.59 Å². The number of hydrogen-bond acceptors (Lipinski definition) is 4. The number of carbonyl (C=O) groups excluding carboxylic acids is 2. The predicted molar refractivity (Wildman–Crippen MR) is 79.5 cm³/mol. The first-order valence-corrected chi connectivity index (χ1v) is 6.45. The number of hydrogen-bond donors (Lipinski definition) is 2. The van der Waals surface area contributed by atoms with E-state index in [2.05, 4.69) is 15.8 Å². The Morgan fingerprint density at radius 3 is 2.67 bits per heavy atom. The van der Waals surface area contributed by atoms with Crippen molar-refractivity contribution in [3.63, 3.8) is 0 Å². The highest BCUT2D eigenvalue weighted by atomic mass is 35.5. The van der Waals surface area contributed by atoms with Crippen LogP contribution in [-0.4, -0.2) is 18.0 Å². The maximum absolute atomic E-state index is 11.6. The van der Waals surface area contributed by atoms with Gasteiger partial charge in [0.05, 0.1) is 28.2 Å². The zero-order valence-electron chi connectivity index (χ0n) is 10.5. The monoisotopic (exact) mass is 325 g/mol. The molecule has 1 heterocycles. The SMILES string of the molecule is O=C(N/N=C\c1ccco1)C(=O)Nc1cccc(Cl)c1Cl. The average molecular weight is 326 g/mol. The molecule has 1 aromatic heterocycles. The summed E-state index contributed by atoms with van der Waals surface area (Å²) in [4.78, 5) is 23.2. The van der Waals surface area contributed by atoms with Gasteiger partial charge in [-0.2, -0.15) is 5.10 Å². The third-order valence-corrected chi connectivity index (χ3v) is 3.13. The molecule has 0 spiro atoms. The fourth-order valence-electron chi connectivity index (χ4n) is 1.35. The summed E-state index contributed by atoms with van der Waals surface area (Å²) in [6.45, 7) is 0. The van der Waals surface area contributed by atoms with Gasteiger partial charge in [-0.15, -0.1) is 0 Å². The molecule has 2 rings (SSSR count). The van der Waals surface area contributed by atoms with E-state index in [9.17, 15) is 9.59 Å². The van der Waals surface area contributed by atoms with Gasteiger partial charge in [0.2, 0.25) is 0 Å². The van der Waals surface area contributed by atoms with Crippen LogP contribution >= 0.6 is 23.2 Å². The Morgan fingerprint density at radius 2 is 1.95 bits per heavy atom. The zero-order valence-corrected chi connectivity index (χ0v) is 12.0. The van der Waals surface area contributed by atoms with Crippen LogP contribution in [0, 0.1) is 0 Å². The Hall–Kier alpha value is -2.31. The molecule has 0 aliphatic carbocycles. The van der Waals surface area contributed by atoms with Crippen LogP contribution in [0.2, 0.25) is 10.0 Å². The number of carbonyl (C=O) groups is 2. The van der Waals surface area contributed by atoms with Crippen molar-refractivity contribution in [1.82, 2.24) is 5.43 Å². The van der Waals surface area contributed by atoms with Gasteiger partial charge in [-0.05, 0) is 24.3 Å². The molecule has 2 N–H and O–H groups in total. The lowest BCUT2D eigenvalue weighted by Crippen LogP contribution is -2.32. The summed E-state index contributed by atoms with van der Waals surface area (Å²) in [6.07, 6.45) is 2.72. The maximum atomic E-state index is 11.6. The summed E-state index contributed by atoms with van der Waals surface area (Å²) < 4.78 is 4.97. The van der Waals surface area contributed by atoms with Crippen LogP contribution in [0.4, 0.5) is 5.69 Å². The van der Waals surface area contributed by atoms with Crippen molar-refractivity contribution in [1.29, 1.82) is 0 Å². The van der Waals surface area contributed by atoms with Crippen molar-refractivity contribution >= 4 is 46.9 Å². The van der Waals surface area contributed by atoms with Crippen LogP contribution in [0.3, 0.4) is 0 Å². The third-order valence-electron chi connectivity index (χ3n) is 2.31. The smallest absolute Gasteiger partial charge is 0.329 e. The second-order valence-electron chi connectivity index (χ2n) is 3.77. The number of hydrazone groups is 1. The minimum Gasteiger partial charge on any atom is -0.463 e. The van der Waals surface area contributed by atoms with Crippen molar-refractivity contribution in [2.45, 2.75) is 0 Å². The first kappa shape index (κ1) is 15.1. The summed E-state index contributed by atoms with van der Waals surface area (Å²) in [7, 11) is 0. The quantitative estimate of drug-likeness (QED) is 0.517. The fourth-order valence-corrected chi connectivity index (χ4v) is 1.70. The second kappa shape index (κ2) is 6.92. The van der Waals surface area contributed by atoms with Gasteiger partial charge in [0.25, 0.3) is 0 Å². The van der Waals surface area contributed by atoms with Gasteiger partial charge >= 0.3 is 11.8 Å². The normalized spacial score (nSPS) is 10.6. The Kier molecular flexibility index (Phi) is 4.97. The van der Waals surface area contributed by atoms with E-state index in [1.807, 2.05) is 0 Å². The zero-order chi connectivity index (χ0) is 15.2. The maximum Gasteiger partial charge on any atom is 0.329 e. The van der Waals surface area contributed by atoms with Gasteiger partial charge < -0.3 is 9.73 Å². The van der Waals surface area contributed by atoms with Crippen LogP contribution < -0.4 is 10.7 Å². The second-order valence-corrected chi connectivity index (χ2v) is 4.56. The first-order chi connectivity index (χ1) is 10.1. The van der Waals surface area contributed by atoms with Crippen molar-refractivity contribution in [2.75, 3.05) is 5.32 Å². The molecule has 0 radical (unpaired) electrons. The van der Waals surface area contributed by atoms with Gasteiger partial charge in [0.15, 0.2) is 0 Å². The Bertz CT molecular complexity index is 684. The number of furan rings is 1. The van der Waals surface area contributed by atoms with Crippen LogP contribution in [0.15, 0.2) is 46.1 Å². The van der Waals surface area contributed by atoms with Gasteiger partial charge in [-0.3, -0.25) is 9.59 Å². The number of rotatable bonds is 3. The molecule has 0 atom stereocenters.